The van der Waals surface area contributed by atoms with Crippen LogP contribution in [0.1, 0.15) is 50.0 Å². The summed E-state index contributed by atoms with van der Waals surface area (Å²) in [7, 11) is 0. The second-order valence-corrected chi connectivity index (χ2v) is 5.57. The Balaban J connectivity index is 1.90. The van der Waals surface area contributed by atoms with Crippen molar-refractivity contribution in [2.24, 2.45) is 0 Å². The second kappa shape index (κ2) is 7.14. The average Bonchev–Trinajstić information content (AvgIpc) is 2.89. The van der Waals surface area contributed by atoms with E-state index in [0.29, 0.717) is 12.2 Å². The molecule has 0 spiro atoms. The molecule has 1 fully saturated rings. The second-order valence-electron chi connectivity index (χ2n) is 4.59. The number of unbranched alkanes of at least 4 members (excludes halogenated alkanes) is 1. The Hall–Kier alpha value is -0.380. The molecule has 2 rings (SSSR count). The first kappa shape index (κ1) is 13.1. The van der Waals surface area contributed by atoms with E-state index in [1.54, 1.807) is 0 Å². The van der Waals surface area contributed by atoms with E-state index < -0.39 is 0 Å². The molecule has 1 aliphatic rings. The maximum atomic E-state index is 6.27. The van der Waals surface area contributed by atoms with E-state index >= 15 is 0 Å². The van der Waals surface area contributed by atoms with Crippen LogP contribution in [-0.4, -0.2) is 19.3 Å². The van der Waals surface area contributed by atoms with Gasteiger partial charge in [-0.25, -0.2) is 0 Å². The standard InChI is InChI=1S/C14H22O2S/c1-2-3-5-13(14-6-4-11-17-14)16-12-7-9-15-10-8-12/h4,6,11-13H,2-3,5,7-10H2,1H3. The fourth-order valence-corrected chi connectivity index (χ4v) is 2.98. The van der Waals surface area contributed by atoms with Gasteiger partial charge < -0.3 is 9.47 Å². The van der Waals surface area contributed by atoms with Gasteiger partial charge in [-0.05, 0) is 30.7 Å². The monoisotopic (exact) mass is 254 g/mol. The van der Waals surface area contributed by atoms with Crippen molar-refractivity contribution in [3.05, 3.63) is 22.4 Å². The molecular formula is C14H22O2S. The number of hydrogen-bond acceptors (Lipinski definition) is 3. The topological polar surface area (TPSA) is 18.5 Å². The van der Waals surface area contributed by atoms with Gasteiger partial charge >= 0.3 is 0 Å². The van der Waals surface area contributed by atoms with E-state index in [2.05, 4.69) is 24.4 Å². The molecule has 0 N–H and O–H groups in total. The summed E-state index contributed by atoms with van der Waals surface area (Å²) >= 11 is 1.81. The van der Waals surface area contributed by atoms with Crippen LogP contribution in [-0.2, 0) is 9.47 Å². The third-order valence-corrected chi connectivity index (χ3v) is 4.17. The molecule has 0 amide bonds. The van der Waals surface area contributed by atoms with Crippen molar-refractivity contribution in [3.8, 4) is 0 Å². The van der Waals surface area contributed by atoms with Gasteiger partial charge in [0.15, 0.2) is 0 Å². The Morgan fingerprint density at radius 3 is 2.94 bits per heavy atom. The SMILES string of the molecule is CCCCC(OC1CCOCC1)c1cccs1. The van der Waals surface area contributed by atoms with Crippen LogP contribution in [0.4, 0.5) is 0 Å². The highest BCUT2D eigenvalue weighted by atomic mass is 32.1. The van der Waals surface area contributed by atoms with Crippen LogP contribution in [0.2, 0.25) is 0 Å². The number of thiophene rings is 1. The fourth-order valence-electron chi connectivity index (χ4n) is 2.19. The molecule has 1 unspecified atom stereocenters. The van der Waals surface area contributed by atoms with Crippen LogP contribution in [0.3, 0.4) is 0 Å². The molecule has 0 saturated carbocycles. The number of ether oxygens (including phenoxy) is 2. The third kappa shape index (κ3) is 4.09. The molecule has 17 heavy (non-hydrogen) atoms. The molecule has 1 atom stereocenters. The first-order valence-electron chi connectivity index (χ1n) is 6.66. The third-order valence-electron chi connectivity index (χ3n) is 3.21. The fraction of sp³-hybridized carbons (Fsp3) is 0.714. The summed E-state index contributed by atoms with van der Waals surface area (Å²) in [5.41, 5.74) is 0. The van der Waals surface area contributed by atoms with Crippen molar-refractivity contribution >= 4 is 11.3 Å². The molecule has 0 aromatic carbocycles. The molecule has 0 bridgehead atoms. The molecule has 0 aliphatic carbocycles. The van der Waals surface area contributed by atoms with Crippen molar-refractivity contribution < 1.29 is 9.47 Å². The van der Waals surface area contributed by atoms with Crippen LogP contribution in [0, 0.1) is 0 Å². The molecule has 0 radical (unpaired) electrons. The quantitative estimate of drug-likeness (QED) is 0.758. The van der Waals surface area contributed by atoms with Gasteiger partial charge in [0.25, 0.3) is 0 Å². The summed E-state index contributed by atoms with van der Waals surface area (Å²) in [6.45, 7) is 3.95. The number of hydrogen-bond donors (Lipinski definition) is 0. The summed E-state index contributed by atoms with van der Waals surface area (Å²) in [6, 6.07) is 4.32. The van der Waals surface area contributed by atoms with Gasteiger partial charge in [-0.3, -0.25) is 0 Å². The van der Waals surface area contributed by atoms with Crippen LogP contribution in [0.5, 0.6) is 0 Å². The number of rotatable bonds is 6. The lowest BCUT2D eigenvalue weighted by atomic mass is 10.1. The molecule has 1 saturated heterocycles. The van der Waals surface area contributed by atoms with Gasteiger partial charge in [-0.1, -0.05) is 25.8 Å². The molecular weight excluding hydrogens is 232 g/mol. The molecule has 3 heteroatoms. The van der Waals surface area contributed by atoms with Crippen molar-refractivity contribution in [2.75, 3.05) is 13.2 Å². The zero-order chi connectivity index (χ0) is 11.9. The minimum absolute atomic E-state index is 0.304. The van der Waals surface area contributed by atoms with Crippen LogP contribution < -0.4 is 0 Å². The Morgan fingerprint density at radius 2 is 2.29 bits per heavy atom. The van der Waals surface area contributed by atoms with E-state index in [4.69, 9.17) is 9.47 Å². The maximum absolute atomic E-state index is 6.27. The highest BCUT2D eigenvalue weighted by Crippen LogP contribution is 2.30. The van der Waals surface area contributed by atoms with Crippen molar-refractivity contribution in [2.45, 2.75) is 51.2 Å². The Labute approximate surface area is 108 Å². The Bertz CT molecular complexity index is 291. The van der Waals surface area contributed by atoms with Crippen LogP contribution in [0.25, 0.3) is 0 Å². The summed E-state index contributed by atoms with van der Waals surface area (Å²) in [5.74, 6) is 0. The van der Waals surface area contributed by atoms with Gasteiger partial charge in [0.1, 0.15) is 0 Å². The van der Waals surface area contributed by atoms with Gasteiger partial charge in [0, 0.05) is 18.1 Å². The summed E-state index contributed by atoms with van der Waals surface area (Å²) in [4.78, 5) is 1.38. The highest BCUT2D eigenvalue weighted by Gasteiger charge is 2.21. The van der Waals surface area contributed by atoms with Crippen LogP contribution in [0.15, 0.2) is 17.5 Å². The predicted octanol–water partition coefficient (Wildman–Crippen LogP) is 4.18. The zero-order valence-corrected chi connectivity index (χ0v) is 11.4. The Kier molecular flexibility index (Phi) is 5.49. The van der Waals surface area contributed by atoms with Crippen molar-refractivity contribution in [1.82, 2.24) is 0 Å². The molecule has 2 heterocycles. The van der Waals surface area contributed by atoms with E-state index in [1.807, 2.05) is 11.3 Å². The van der Waals surface area contributed by atoms with Gasteiger partial charge in [-0.2, -0.15) is 0 Å². The maximum Gasteiger partial charge on any atom is 0.0920 e. The first-order chi connectivity index (χ1) is 8.40. The van der Waals surface area contributed by atoms with E-state index in [-0.39, 0.29) is 0 Å². The molecule has 1 aromatic heterocycles. The summed E-state index contributed by atoms with van der Waals surface area (Å²) < 4.78 is 11.6. The average molecular weight is 254 g/mol. The molecule has 96 valence electrons. The minimum atomic E-state index is 0.304. The van der Waals surface area contributed by atoms with Gasteiger partial charge in [0.2, 0.25) is 0 Å². The molecule has 2 nitrogen and oxygen atoms in total. The van der Waals surface area contributed by atoms with E-state index in [1.165, 1.54) is 17.7 Å². The van der Waals surface area contributed by atoms with Crippen molar-refractivity contribution in [3.63, 3.8) is 0 Å². The normalized spacial score (nSPS) is 19.4. The van der Waals surface area contributed by atoms with Crippen molar-refractivity contribution in [1.29, 1.82) is 0 Å². The zero-order valence-electron chi connectivity index (χ0n) is 10.6. The lowest BCUT2D eigenvalue weighted by molar-refractivity contribution is -0.0715. The summed E-state index contributed by atoms with van der Waals surface area (Å²) in [6.07, 6.45) is 6.42. The Morgan fingerprint density at radius 1 is 1.47 bits per heavy atom. The lowest BCUT2D eigenvalue weighted by Crippen LogP contribution is -2.25. The predicted molar refractivity (Wildman–Crippen MR) is 71.5 cm³/mol. The van der Waals surface area contributed by atoms with Gasteiger partial charge in [0.05, 0.1) is 12.2 Å². The smallest absolute Gasteiger partial charge is 0.0920 e. The lowest BCUT2D eigenvalue weighted by Gasteiger charge is -2.27. The van der Waals surface area contributed by atoms with Crippen LogP contribution >= 0.6 is 11.3 Å². The summed E-state index contributed by atoms with van der Waals surface area (Å²) in [5, 5.41) is 2.14. The minimum Gasteiger partial charge on any atom is -0.381 e. The highest BCUT2D eigenvalue weighted by molar-refractivity contribution is 7.10. The van der Waals surface area contributed by atoms with E-state index in [9.17, 15) is 0 Å². The molecule has 1 aromatic rings. The largest absolute Gasteiger partial charge is 0.381 e. The van der Waals surface area contributed by atoms with E-state index in [0.717, 1.165) is 32.5 Å². The first-order valence-corrected chi connectivity index (χ1v) is 7.54. The van der Waals surface area contributed by atoms with Gasteiger partial charge in [-0.15, -0.1) is 11.3 Å². The molecule has 1 aliphatic heterocycles.